The average molecular weight is 259 g/mol. The molecule has 0 aliphatic rings. The molecule has 0 unspecified atom stereocenters. The van der Waals surface area contributed by atoms with Crippen LogP contribution in [0.3, 0.4) is 0 Å². The van der Waals surface area contributed by atoms with E-state index in [-0.39, 0.29) is 11.9 Å². The van der Waals surface area contributed by atoms with Crippen molar-refractivity contribution in [3.05, 3.63) is 35.9 Å². The molecule has 1 atom stereocenters. The second kappa shape index (κ2) is 6.94. The number of esters is 1. The van der Waals surface area contributed by atoms with E-state index in [9.17, 15) is 10.1 Å². The first-order valence-electron chi connectivity index (χ1n) is 6.63. The Balaban J connectivity index is 2.83. The highest BCUT2D eigenvalue weighted by Gasteiger charge is 2.35. The van der Waals surface area contributed by atoms with Crippen molar-refractivity contribution < 1.29 is 9.53 Å². The summed E-state index contributed by atoms with van der Waals surface area (Å²) in [7, 11) is 0. The van der Waals surface area contributed by atoms with Gasteiger partial charge in [-0.15, -0.1) is 0 Å². The molecule has 1 rings (SSSR count). The highest BCUT2D eigenvalue weighted by molar-refractivity contribution is 5.65. The predicted molar refractivity (Wildman–Crippen MR) is 74.4 cm³/mol. The minimum atomic E-state index is -0.512. The molecule has 1 aromatic carbocycles. The van der Waals surface area contributed by atoms with Crippen molar-refractivity contribution in [3.8, 4) is 6.07 Å². The highest BCUT2D eigenvalue weighted by Crippen LogP contribution is 2.36. The lowest BCUT2D eigenvalue weighted by atomic mass is 9.70. The SMILES string of the molecule is CC(=O)OCCC[C@@](C#N)(c1ccccc1)C(C)C. The lowest BCUT2D eigenvalue weighted by Crippen LogP contribution is -2.31. The van der Waals surface area contributed by atoms with E-state index < -0.39 is 5.41 Å². The van der Waals surface area contributed by atoms with Crippen LogP contribution in [0.4, 0.5) is 0 Å². The molecule has 0 aromatic heterocycles. The topological polar surface area (TPSA) is 50.1 Å². The van der Waals surface area contributed by atoms with Gasteiger partial charge in [0.1, 0.15) is 0 Å². The Morgan fingerprint density at radius 1 is 1.37 bits per heavy atom. The molecule has 3 nitrogen and oxygen atoms in total. The molecule has 0 saturated carbocycles. The van der Waals surface area contributed by atoms with E-state index in [1.54, 1.807) is 0 Å². The Labute approximate surface area is 115 Å². The Hall–Kier alpha value is -1.82. The van der Waals surface area contributed by atoms with Crippen molar-refractivity contribution in [1.29, 1.82) is 5.26 Å². The summed E-state index contributed by atoms with van der Waals surface area (Å²) in [5, 5.41) is 9.65. The van der Waals surface area contributed by atoms with Gasteiger partial charge >= 0.3 is 5.97 Å². The number of ether oxygens (including phenoxy) is 1. The number of carbonyl (C=O) groups is 1. The minimum Gasteiger partial charge on any atom is -0.466 e. The molecule has 0 bridgehead atoms. The van der Waals surface area contributed by atoms with Crippen molar-refractivity contribution in [2.75, 3.05) is 6.61 Å². The summed E-state index contributed by atoms with van der Waals surface area (Å²) in [5.41, 5.74) is 0.525. The third-order valence-corrected chi connectivity index (χ3v) is 3.49. The van der Waals surface area contributed by atoms with E-state index >= 15 is 0 Å². The zero-order chi connectivity index (χ0) is 14.3. The van der Waals surface area contributed by atoms with E-state index in [2.05, 4.69) is 19.9 Å². The largest absolute Gasteiger partial charge is 0.466 e. The normalized spacial score (nSPS) is 13.6. The van der Waals surface area contributed by atoms with E-state index in [0.29, 0.717) is 19.4 Å². The highest BCUT2D eigenvalue weighted by atomic mass is 16.5. The fourth-order valence-corrected chi connectivity index (χ4v) is 2.32. The zero-order valence-corrected chi connectivity index (χ0v) is 11.8. The van der Waals surface area contributed by atoms with E-state index in [0.717, 1.165) is 5.56 Å². The Kier molecular flexibility index (Phi) is 5.57. The third-order valence-electron chi connectivity index (χ3n) is 3.49. The van der Waals surface area contributed by atoms with Gasteiger partial charge in [-0.05, 0) is 24.3 Å². The summed E-state index contributed by atoms with van der Waals surface area (Å²) >= 11 is 0. The van der Waals surface area contributed by atoms with E-state index in [1.807, 2.05) is 30.3 Å². The number of benzene rings is 1. The smallest absolute Gasteiger partial charge is 0.302 e. The van der Waals surface area contributed by atoms with Crippen LogP contribution in [0.5, 0.6) is 0 Å². The number of nitriles is 1. The van der Waals surface area contributed by atoms with Gasteiger partial charge in [0.15, 0.2) is 0 Å². The molecule has 0 spiro atoms. The van der Waals surface area contributed by atoms with Crippen LogP contribution >= 0.6 is 0 Å². The second-order valence-electron chi connectivity index (χ2n) is 5.05. The average Bonchev–Trinajstić information content (AvgIpc) is 2.39. The maximum atomic E-state index is 10.8. The van der Waals surface area contributed by atoms with Crippen molar-refractivity contribution in [2.24, 2.45) is 5.92 Å². The molecule has 0 amide bonds. The molecule has 19 heavy (non-hydrogen) atoms. The molecule has 0 heterocycles. The summed E-state index contributed by atoms with van der Waals surface area (Å²) in [4.78, 5) is 10.8. The first-order chi connectivity index (χ1) is 9.03. The Bertz CT molecular complexity index is 448. The molecular weight excluding hydrogens is 238 g/mol. The van der Waals surface area contributed by atoms with Gasteiger partial charge in [0.05, 0.1) is 18.1 Å². The number of hydrogen-bond donors (Lipinski definition) is 0. The van der Waals surface area contributed by atoms with Crippen LogP contribution in [0, 0.1) is 17.2 Å². The van der Waals surface area contributed by atoms with E-state index in [1.165, 1.54) is 6.92 Å². The summed E-state index contributed by atoms with van der Waals surface area (Å²) in [6, 6.07) is 12.3. The fraction of sp³-hybridized carbons (Fsp3) is 0.500. The summed E-state index contributed by atoms with van der Waals surface area (Å²) in [6.45, 7) is 5.89. The minimum absolute atomic E-state index is 0.206. The molecule has 0 saturated heterocycles. The molecule has 0 radical (unpaired) electrons. The second-order valence-corrected chi connectivity index (χ2v) is 5.05. The fourth-order valence-electron chi connectivity index (χ4n) is 2.32. The van der Waals surface area contributed by atoms with Gasteiger partial charge in [0, 0.05) is 6.92 Å². The van der Waals surface area contributed by atoms with Crippen molar-refractivity contribution in [1.82, 2.24) is 0 Å². The first-order valence-corrected chi connectivity index (χ1v) is 6.63. The molecule has 102 valence electrons. The van der Waals surface area contributed by atoms with Crippen LogP contribution in [-0.4, -0.2) is 12.6 Å². The molecule has 0 aliphatic carbocycles. The van der Waals surface area contributed by atoms with Gasteiger partial charge in [-0.1, -0.05) is 44.2 Å². The zero-order valence-electron chi connectivity index (χ0n) is 11.8. The van der Waals surface area contributed by atoms with Crippen LogP contribution in [0.1, 0.15) is 39.2 Å². The molecule has 0 N–H and O–H groups in total. The maximum absolute atomic E-state index is 10.8. The van der Waals surface area contributed by atoms with Crippen LogP contribution < -0.4 is 0 Å². The molecule has 0 fully saturated rings. The summed E-state index contributed by atoms with van der Waals surface area (Å²) in [6.07, 6.45) is 1.39. The molecule has 3 heteroatoms. The van der Waals surface area contributed by atoms with Gasteiger partial charge < -0.3 is 4.74 Å². The van der Waals surface area contributed by atoms with Gasteiger partial charge in [-0.3, -0.25) is 4.79 Å². The number of nitrogens with zero attached hydrogens (tertiary/aromatic N) is 1. The number of carbonyl (C=O) groups excluding carboxylic acids is 1. The molecule has 1 aromatic rings. The molecular formula is C16H21NO2. The van der Waals surface area contributed by atoms with Crippen molar-refractivity contribution >= 4 is 5.97 Å². The van der Waals surface area contributed by atoms with E-state index in [4.69, 9.17) is 4.74 Å². The lowest BCUT2D eigenvalue weighted by molar-refractivity contribution is -0.141. The van der Waals surface area contributed by atoms with Gasteiger partial charge in [-0.2, -0.15) is 5.26 Å². The standard InChI is InChI=1S/C16H21NO2/c1-13(2)16(12-17,10-7-11-19-14(3)18)15-8-5-4-6-9-15/h4-6,8-9,13H,7,10-11H2,1-3H3/t16-/m0/s1. The van der Waals surface area contributed by atoms with Crippen LogP contribution in [0.15, 0.2) is 30.3 Å². The maximum Gasteiger partial charge on any atom is 0.302 e. The van der Waals surface area contributed by atoms with Crippen LogP contribution in [-0.2, 0) is 14.9 Å². The van der Waals surface area contributed by atoms with Crippen LogP contribution in [0.2, 0.25) is 0 Å². The van der Waals surface area contributed by atoms with Gasteiger partial charge in [0.25, 0.3) is 0 Å². The molecule has 0 aliphatic heterocycles. The lowest BCUT2D eigenvalue weighted by Gasteiger charge is -2.31. The first kappa shape index (κ1) is 15.2. The van der Waals surface area contributed by atoms with Crippen molar-refractivity contribution in [3.63, 3.8) is 0 Å². The third kappa shape index (κ3) is 3.82. The quantitative estimate of drug-likeness (QED) is 0.580. The Morgan fingerprint density at radius 2 is 2.00 bits per heavy atom. The van der Waals surface area contributed by atoms with Crippen molar-refractivity contribution in [2.45, 2.75) is 39.0 Å². The number of hydrogen-bond acceptors (Lipinski definition) is 3. The van der Waals surface area contributed by atoms with Gasteiger partial charge in [-0.25, -0.2) is 0 Å². The summed E-state index contributed by atoms with van der Waals surface area (Å²) in [5.74, 6) is -0.0657. The number of rotatable bonds is 6. The predicted octanol–water partition coefficient (Wildman–Crippen LogP) is 3.45. The monoisotopic (exact) mass is 259 g/mol. The summed E-state index contributed by atoms with van der Waals surface area (Å²) < 4.78 is 4.95. The Morgan fingerprint density at radius 3 is 2.47 bits per heavy atom. The van der Waals surface area contributed by atoms with Crippen LogP contribution in [0.25, 0.3) is 0 Å². The van der Waals surface area contributed by atoms with Gasteiger partial charge in [0.2, 0.25) is 0 Å².